The molecule has 2 atom stereocenters. The minimum atomic E-state index is -0.273. The molecule has 0 saturated carbocycles. The summed E-state index contributed by atoms with van der Waals surface area (Å²) in [7, 11) is 0. The number of aldehydes is 1. The highest BCUT2D eigenvalue weighted by Gasteiger charge is 2.33. The van der Waals surface area contributed by atoms with Crippen LogP contribution < -0.4 is 0 Å². The van der Waals surface area contributed by atoms with E-state index in [1.165, 1.54) is 18.9 Å². The molecule has 1 amide bonds. The van der Waals surface area contributed by atoms with Crippen LogP contribution in [0.3, 0.4) is 0 Å². The van der Waals surface area contributed by atoms with E-state index >= 15 is 0 Å². The second-order valence-corrected chi connectivity index (χ2v) is 6.62. The number of benzene rings is 1. The van der Waals surface area contributed by atoms with Crippen LogP contribution in [0, 0.1) is 0 Å². The number of carbonyl (C=O) groups excluding carboxylic acids is 2. The Bertz CT molecular complexity index is 556. The summed E-state index contributed by atoms with van der Waals surface area (Å²) < 4.78 is 5.58. The van der Waals surface area contributed by atoms with Crippen molar-refractivity contribution in [3.63, 3.8) is 0 Å². The Kier molecular flexibility index (Phi) is 8.23. The number of unbranched alkanes of at least 4 members (excludes halogenated alkanes) is 2. The van der Waals surface area contributed by atoms with Gasteiger partial charge in [-0.3, -0.25) is 9.69 Å². The third-order valence-corrected chi connectivity index (χ3v) is 4.76. The summed E-state index contributed by atoms with van der Waals surface area (Å²) in [6.07, 6.45) is 11.3. The molecule has 2 rings (SSSR count). The van der Waals surface area contributed by atoms with Gasteiger partial charge < -0.3 is 4.74 Å². The molecule has 0 aromatic heterocycles. The van der Waals surface area contributed by atoms with Crippen LogP contribution >= 0.6 is 0 Å². The lowest BCUT2D eigenvalue weighted by Gasteiger charge is -2.40. The Balaban J connectivity index is 2.04. The molecule has 0 unspecified atom stereocenters. The third kappa shape index (κ3) is 6.04. The Morgan fingerprint density at radius 3 is 2.76 bits per heavy atom. The van der Waals surface area contributed by atoms with Crippen molar-refractivity contribution in [2.24, 2.45) is 0 Å². The number of amides is 1. The van der Waals surface area contributed by atoms with Crippen molar-refractivity contribution in [2.45, 2.75) is 70.6 Å². The molecule has 0 aliphatic carbocycles. The van der Waals surface area contributed by atoms with Gasteiger partial charge in [-0.05, 0) is 37.3 Å². The third-order valence-electron chi connectivity index (χ3n) is 4.76. The summed E-state index contributed by atoms with van der Waals surface area (Å²) in [6.45, 7) is 2.46. The van der Waals surface area contributed by atoms with Gasteiger partial charge in [0.15, 0.2) is 0 Å². The molecule has 0 spiro atoms. The molecule has 25 heavy (non-hydrogen) atoms. The second kappa shape index (κ2) is 10.7. The predicted molar refractivity (Wildman–Crippen MR) is 99.2 cm³/mol. The highest BCUT2D eigenvalue weighted by Crippen LogP contribution is 2.28. The van der Waals surface area contributed by atoms with Crippen LogP contribution in [0.25, 0.3) is 0 Å². The molecule has 0 radical (unpaired) electrons. The largest absolute Gasteiger partial charge is 0.445 e. The highest BCUT2D eigenvalue weighted by molar-refractivity contribution is 5.70. The number of allylic oxidation sites excluding steroid dienone is 1. The molecule has 0 N–H and O–H groups in total. The number of ether oxygens (including phenoxy) is 1. The van der Waals surface area contributed by atoms with Gasteiger partial charge in [0.05, 0.1) is 6.04 Å². The van der Waals surface area contributed by atoms with Crippen molar-refractivity contribution in [2.75, 3.05) is 0 Å². The molecule has 1 aliphatic rings. The number of rotatable bonds is 8. The molecule has 1 fully saturated rings. The number of hydrogen-bond acceptors (Lipinski definition) is 3. The number of likely N-dealkylation sites (tertiary alicyclic amines) is 1. The summed E-state index contributed by atoms with van der Waals surface area (Å²) in [4.78, 5) is 25.3. The summed E-state index contributed by atoms with van der Waals surface area (Å²) in [6, 6.07) is 9.87. The average Bonchev–Trinajstić information content (AvgIpc) is 2.65. The molecule has 0 bridgehead atoms. The topological polar surface area (TPSA) is 46.6 Å². The maximum absolute atomic E-state index is 12.8. The molecule has 136 valence electrons. The summed E-state index contributed by atoms with van der Waals surface area (Å²) >= 11 is 0. The van der Waals surface area contributed by atoms with Gasteiger partial charge in [-0.15, -0.1) is 0 Å². The van der Waals surface area contributed by atoms with Crippen LogP contribution in [0.1, 0.15) is 57.4 Å². The molecule has 4 heteroatoms. The maximum Gasteiger partial charge on any atom is 0.410 e. The van der Waals surface area contributed by atoms with E-state index in [-0.39, 0.29) is 24.8 Å². The van der Waals surface area contributed by atoms with E-state index in [9.17, 15) is 9.59 Å². The van der Waals surface area contributed by atoms with Crippen LogP contribution in [-0.2, 0) is 16.1 Å². The van der Waals surface area contributed by atoms with E-state index in [2.05, 4.69) is 6.92 Å². The van der Waals surface area contributed by atoms with Crippen molar-refractivity contribution in [1.29, 1.82) is 0 Å². The Hall–Kier alpha value is -2.10. The minimum Gasteiger partial charge on any atom is -0.445 e. The van der Waals surface area contributed by atoms with Crippen molar-refractivity contribution in [3.8, 4) is 0 Å². The fourth-order valence-corrected chi connectivity index (χ4v) is 3.47. The van der Waals surface area contributed by atoms with Gasteiger partial charge in [-0.1, -0.05) is 62.6 Å². The normalized spacial score (nSPS) is 20.6. The minimum absolute atomic E-state index is 0.0474. The van der Waals surface area contributed by atoms with Crippen molar-refractivity contribution >= 4 is 12.4 Å². The van der Waals surface area contributed by atoms with Crippen molar-refractivity contribution in [3.05, 3.63) is 48.0 Å². The average molecular weight is 343 g/mol. The molecule has 1 aromatic rings. The van der Waals surface area contributed by atoms with Crippen molar-refractivity contribution in [1.82, 2.24) is 4.90 Å². The molecule has 1 aromatic carbocycles. The Morgan fingerprint density at radius 1 is 1.24 bits per heavy atom. The van der Waals surface area contributed by atoms with E-state index < -0.39 is 0 Å². The van der Waals surface area contributed by atoms with Gasteiger partial charge in [-0.2, -0.15) is 0 Å². The Morgan fingerprint density at radius 2 is 2.04 bits per heavy atom. The Labute approximate surface area is 150 Å². The SMILES string of the molecule is CCCCC[C@@H]1CCC[C@H](/C=C/C=O)N1C(=O)OCc1ccccc1. The first kappa shape index (κ1) is 19.2. The summed E-state index contributed by atoms with van der Waals surface area (Å²) in [5.74, 6) is 0. The van der Waals surface area contributed by atoms with Gasteiger partial charge >= 0.3 is 6.09 Å². The van der Waals surface area contributed by atoms with Crippen LogP contribution in [0.2, 0.25) is 0 Å². The standard InChI is InChI=1S/C21H29NO3/c1-2-3-5-12-19-13-8-14-20(15-9-16-23)22(19)21(24)25-17-18-10-6-4-7-11-18/h4,6-7,9-11,15-16,19-20H,2-3,5,8,12-14,17H2,1H3/b15-9+/t19-,20-/m1/s1. The van der Waals surface area contributed by atoms with Crippen LogP contribution in [0.5, 0.6) is 0 Å². The van der Waals surface area contributed by atoms with Crippen LogP contribution in [-0.4, -0.2) is 29.4 Å². The number of carbonyl (C=O) groups is 2. The first-order valence-electron chi connectivity index (χ1n) is 9.37. The van der Waals surface area contributed by atoms with Gasteiger partial charge in [0.2, 0.25) is 0 Å². The lowest BCUT2D eigenvalue weighted by molar-refractivity contribution is -0.104. The monoisotopic (exact) mass is 343 g/mol. The lowest BCUT2D eigenvalue weighted by atomic mass is 9.92. The first-order valence-corrected chi connectivity index (χ1v) is 9.37. The first-order chi connectivity index (χ1) is 12.3. The molecular weight excluding hydrogens is 314 g/mol. The number of hydrogen-bond donors (Lipinski definition) is 0. The second-order valence-electron chi connectivity index (χ2n) is 6.62. The predicted octanol–water partition coefficient (Wildman–Crippen LogP) is 4.88. The fraction of sp³-hybridized carbons (Fsp3) is 0.524. The summed E-state index contributed by atoms with van der Waals surface area (Å²) in [5, 5.41) is 0. The van der Waals surface area contributed by atoms with Gasteiger partial charge in [-0.25, -0.2) is 4.79 Å². The zero-order valence-electron chi connectivity index (χ0n) is 15.1. The van der Waals surface area contributed by atoms with E-state index in [0.29, 0.717) is 0 Å². The summed E-state index contributed by atoms with van der Waals surface area (Å²) in [5.41, 5.74) is 0.982. The van der Waals surface area contributed by atoms with Gasteiger partial charge in [0.25, 0.3) is 0 Å². The molecule has 1 saturated heterocycles. The molecular formula is C21H29NO3. The van der Waals surface area contributed by atoms with E-state index in [1.54, 1.807) is 0 Å². The molecule has 1 heterocycles. The quantitative estimate of drug-likeness (QED) is 0.384. The van der Waals surface area contributed by atoms with Crippen LogP contribution in [0.15, 0.2) is 42.5 Å². The number of piperidine rings is 1. The van der Waals surface area contributed by atoms with Crippen LogP contribution in [0.4, 0.5) is 4.79 Å². The molecule has 1 aliphatic heterocycles. The zero-order chi connectivity index (χ0) is 17.9. The molecule has 4 nitrogen and oxygen atoms in total. The van der Waals surface area contributed by atoms with Gasteiger partial charge in [0.1, 0.15) is 12.9 Å². The van der Waals surface area contributed by atoms with E-state index in [4.69, 9.17) is 4.74 Å². The van der Waals surface area contributed by atoms with Crippen molar-refractivity contribution < 1.29 is 14.3 Å². The van der Waals surface area contributed by atoms with E-state index in [0.717, 1.165) is 44.0 Å². The van der Waals surface area contributed by atoms with E-state index in [1.807, 2.05) is 41.3 Å². The van der Waals surface area contributed by atoms with Gasteiger partial charge in [0, 0.05) is 6.04 Å². The highest BCUT2D eigenvalue weighted by atomic mass is 16.6. The lowest BCUT2D eigenvalue weighted by Crippen LogP contribution is -2.49. The zero-order valence-corrected chi connectivity index (χ0v) is 15.1. The maximum atomic E-state index is 12.8. The smallest absolute Gasteiger partial charge is 0.410 e. The number of nitrogens with zero attached hydrogens (tertiary/aromatic N) is 1. The fourth-order valence-electron chi connectivity index (χ4n) is 3.47.